The Hall–Kier alpha value is -5.34. The van der Waals surface area contributed by atoms with E-state index in [0.717, 1.165) is 61.4 Å². The second-order valence-electron chi connectivity index (χ2n) is 10.7. The molecule has 2 heteroatoms. The Bertz CT molecular complexity index is 2500. The van der Waals surface area contributed by atoms with Crippen molar-refractivity contribution in [1.29, 1.82) is 0 Å². The highest BCUT2D eigenvalue weighted by Crippen LogP contribution is 2.41. The monoisotopic (exact) mass is 524 g/mol. The van der Waals surface area contributed by atoms with Crippen molar-refractivity contribution < 1.29 is 8.83 Å². The van der Waals surface area contributed by atoms with Gasteiger partial charge >= 0.3 is 0 Å². The second kappa shape index (κ2) is 8.58. The largest absolute Gasteiger partial charge is 0.455 e. The maximum Gasteiger partial charge on any atom is 0.143 e. The van der Waals surface area contributed by atoms with Crippen LogP contribution in [-0.4, -0.2) is 0 Å². The van der Waals surface area contributed by atoms with Crippen LogP contribution in [0.3, 0.4) is 0 Å². The number of allylic oxidation sites excluding steroid dienone is 2. The molecule has 9 rings (SSSR count). The summed E-state index contributed by atoms with van der Waals surface area (Å²) in [7, 11) is 0. The lowest BCUT2D eigenvalue weighted by atomic mass is 9.87. The quantitative estimate of drug-likeness (QED) is 0.225. The third-order valence-corrected chi connectivity index (χ3v) is 8.50. The summed E-state index contributed by atoms with van der Waals surface area (Å²) in [6, 6.07) is 38.4. The molecule has 8 aromatic rings. The van der Waals surface area contributed by atoms with Crippen LogP contribution in [0.25, 0.3) is 89.1 Å². The maximum atomic E-state index is 6.56. The number of furan rings is 2. The lowest BCUT2D eigenvalue weighted by molar-refractivity contribution is 0.669. The van der Waals surface area contributed by atoms with Crippen molar-refractivity contribution in [2.75, 3.05) is 0 Å². The Balaban J connectivity index is 1.47. The fourth-order valence-corrected chi connectivity index (χ4v) is 6.76. The summed E-state index contributed by atoms with van der Waals surface area (Å²) in [5.41, 5.74) is 8.31. The third-order valence-electron chi connectivity index (χ3n) is 8.50. The topological polar surface area (TPSA) is 26.3 Å². The molecule has 0 radical (unpaired) electrons. The first-order chi connectivity index (χ1) is 20.4. The van der Waals surface area contributed by atoms with Gasteiger partial charge in [0.2, 0.25) is 0 Å². The number of para-hydroxylation sites is 4. The zero-order valence-corrected chi connectivity index (χ0v) is 22.2. The molecule has 1 aliphatic carbocycles. The first-order valence-corrected chi connectivity index (χ1v) is 14.1. The van der Waals surface area contributed by atoms with Crippen LogP contribution in [0.1, 0.15) is 6.42 Å². The molecule has 2 aromatic heterocycles. The average molecular weight is 525 g/mol. The van der Waals surface area contributed by atoms with Gasteiger partial charge in [-0.05, 0) is 39.8 Å². The maximum absolute atomic E-state index is 6.56. The highest BCUT2D eigenvalue weighted by atomic mass is 16.3. The minimum absolute atomic E-state index is 0.860. The Morgan fingerprint density at radius 3 is 1.51 bits per heavy atom. The van der Waals surface area contributed by atoms with Crippen LogP contribution in [0.15, 0.2) is 130 Å². The highest BCUT2D eigenvalue weighted by molar-refractivity contribution is 6.16. The molecule has 0 atom stereocenters. The molecule has 0 N–H and O–H groups in total. The predicted molar refractivity (Wildman–Crippen MR) is 171 cm³/mol. The normalized spacial score (nSPS) is 13.1. The van der Waals surface area contributed by atoms with Gasteiger partial charge < -0.3 is 8.83 Å². The van der Waals surface area contributed by atoms with Gasteiger partial charge in [0, 0.05) is 43.8 Å². The second-order valence-corrected chi connectivity index (χ2v) is 10.7. The van der Waals surface area contributed by atoms with E-state index in [0.29, 0.717) is 0 Å². The molecule has 41 heavy (non-hydrogen) atoms. The summed E-state index contributed by atoms with van der Waals surface area (Å²) in [5.74, 6) is 0. The highest BCUT2D eigenvalue weighted by Gasteiger charge is 2.21. The molecular formula is C39H24O2. The number of hydrogen-bond donors (Lipinski definition) is 0. The molecule has 0 bridgehead atoms. The molecule has 192 valence electrons. The van der Waals surface area contributed by atoms with E-state index in [1.807, 2.05) is 12.1 Å². The minimum Gasteiger partial charge on any atom is -0.455 e. The number of hydrogen-bond acceptors (Lipinski definition) is 2. The van der Waals surface area contributed by atoms with E-state index in [-0.39, 0.29) is 0 Å². The molecule has 2 nitrogen and oxygen atoms in total. The van der Waals surface area contributed by atoms with E-state index in [4.69, 9.17) is 8.83 Å². The summed E-state index contributed by atoms with van der Waals surface area (Å²) < 4.78 is 13.1. The van der Waals surface area contributed by atoms with Gasteiger partial charge in [0.15, 0.2) is 0 Å². The summed E-state index contributed by atoms with van der Waals surface area (Å²) >= 11 is 0. The third kappa shape index (κ3) is 3.19. The summed E-state index contributed by atoms with van der Waals surface area (Å²) in [6.07, 6.45) is 9.90. The first-order valence-electron chi connectivity index (χ1n) is 14.1. The fourth-order valence-electron chi connectivity index (χ4n) is 6.76. The van der Waals surface area contributed by atoms with Gasteiger partial charge in [-0.2, -0.15) is 0 Å². The molecule has 1 aliphatic rings. The molecule has 0 amide bonds. The van der Waals surface area contributed by atoms with Crippen LogP contribution in [0.2, 0.25) is 0 Å². The molecule has 2 heterocycles. The average Bonchev–Trinajstić information content (AvgIpc) is 3.50. The summed E-state index contributed by atoms with van der Waals surface area (Å²) in [5, 5.41) is 9.39. The van der Waals surface area contributed by atoms with Gasteiger partial charge in [-0.3, -0.25) is 0 Å². The van der Waals surface area contributed by atoms with E-state index in [1.54, 1.807) is 0 Å². The van der Waals surface area contributed by atoms with E-state index in [1.165, 1.54) is 32.3 Å². The standard InChI is InChI=1S/C39H24O2/c1-2-14-26-27(15-3-1)37(33-21-11-19-31-25-13-7-9-23-35(25)41-39(31)33)29-17-5-4-16-28(29)36(26)32-20-10-18-30-24-12-6-8-22-34(24)40-38(30)32/h1-2,4-23H,3H2. The number of rotatable bonds is 2. The molecule has 0 saturated carbocycles. The smallest absolute Gasteiger partial charge is 0.143 e. The van der Waals surface area contributed by atoms with Crippen LogP contribution in [0.4, 0.5) is 0 Å². The van der Waals surface area contributed by atoms with Gasteiger partial charge in [-0.15, -0.1) is 0 Å². The zero-order valence-electron chi connectivity index (χ0n) is 22.2. The molecule has 0 aliphatic heterocycles. The zero-order chi connectivity index (χ0) is 26.9. The van der Waals surface area contributed by atoms with Crippen LogP contribution in [-0.2, 0) is 0 Å². The minimum atomic E-state index is 0.860. The van der Waals surface area contributed by atoms with Crippen molar-refractivity contribution >= 4 is 66.8 Å². The molecule has 0 saturated heterocycles. The van der Waals surface area contributed by atoms with Gasteiger partial charge in [-0.1, -0.05) is 121 Å². The van der Waals surface area contributed by atoms with Crippen molar-refractivity contribution in [3.63, 3.8) is 0 Å². The first kappa shape index (κ1) is 22.5. The van der Waals surface area contributed by atoms with Crippen LogP contribution in [0.5, 0.6) is 0 Å². The molecule has 0 spiro atoms. The molecule has 6 aromatic carbocycles. The van der Waals surface area contributed by atoms with Gasteiger partial charge in [0.05, 0.1) is 0 Å². The van der Waals surface area contributed by atoms with E-state index < -0.39 is 0 Å². The SMILES string of the molecule is C1=CCC=c2c(-c3cccc4c3oc3ccccc34)c3ccccc3c(-c3cccc4c3oc3ccccc34)c2=C1. The van der Waals surface area contributed by atoms with Crippen molar-refractivity contribution in [3.05, 3.63) is 132 Å². The van der Waals surface area contributed by atoms with Gasteiger partial charge in [0.25, 0.3) is 0 Å². The van der Waals surface area contributed by atoms with Crippen molar-refractivity contribution in [2.45, 2.75) is 6.42 Å². The Kier molecular flexibility index (Phi) is 4.70. The molecule has 0 unspecified atom stereocenters. The Morgan fingerprint density at radius 2 is 0.927 bits per heavy atom. The van der Waals surface area contributed by atoms with E-state index in [2.05, 4.69) is 121 Å². The van der Waals surface area contributed by atoms with Gasteiger partial charge in [0.1, 0.15) is 22.3 Å². The van der Waals surface area contributed by atoms with E-state index in [9.17, 15) is 0 Å². The van der Waals surface area contributed by atoms with Gasteiger partial charge in [-0.25, -0.2) is 0 Å². The summed E-state index contributed by atoms with van der Waals surface area (Å²) in [4.78, 5) is 0. The predicted octanol–water partition coefficient (Wildman–Crippen LogP) is 9.49. The Morgan fingerprint density at radius 1 is 0.439 bits per heavy atom. The van der Waals surface area contributed by atoms with Crippen LogP contribution < -0.4 is 10.4 Å². The van der Waals surface area contributed by atoms with Crippen molar-refractivity contribution in [1.82, 2.24) is 0 Å². The molecule has 0 fully saturated rings. The number of fused-ring (bicyclic) bond motifs is 8. The molecular weight excluding hydrogens is 500 g/mol. The lowest BCUT2D eigenvalue weighted by Crippen LogP contribution is -2.29. The fraction of sp³-hybridized carbons (Fsp3) is 0.0256. The lowest BCUT2D eigenvalue weighted by Gasteiger charge is -2.16. The Labute approximate surface area is 235 Å². The van der Waals surface area contributed by atoms with Crippen LogP contribution in [0, 0.1) is 0 Å². The van der Waals surface area contributed by atoms with Crippen molar-refractivity contribution in [2.24, 2.45) is 0 Å². The van der Waals surface area contributed by atoms with E-state index >= 15 is 0 Å². The number of benzene rings is 6. The van der Waals surface area contributed by atoms with Crippen LogP contribution >= 0.6 is 0 Å². The summed E-state index contributed by atoms with van der Waals surface area (Å²) in [6.45, 7) is 0. The van der Waals surface area contributed by atoms with Crippen molar-refractivity contribution in [3.8, 4) is 22.3 Å².